The summed E-state index contributed by atoms with van der Waals surface area (Å²) in [7, 11) is 0. The van der Waals surface area contributed by atoms with Gasteiger partial charge in [-0.2, -0.15) is 0 Å². The number of rotatable bonds is 3. The quantitative estimate of drug-likeness (QED) is 0.742. The minimum atomic E-state index is 0.651. The third-order valence-electron chi connectivity index (χ3n) is 2.80. The average molecular weight is 226 g/mol. The van der Waals surface area contributed by atoms with Crippen molar-refractivity contribution >= 4 is 6.29 Å². The van der Waals surface area contributed by atoms with Gasteiger partial charge >= 0.3 is 0 Å². The van der Waals surface area contributed by atoms with Crippen molar-refractivity contribution in [3.05, 3.63) is 59.2 Å². The summed E-state index contributed by atoms with van der Waals surface area (Å²) >= 11 is 0. The molecular weight excluding hydrogens is 212 g/mol. The molecule has 0 atom stereocenters. The number of carbonyl (C=O) groups is 1. The molecule has 86 valence electrons. The molecule has 0 unspecified atom stereocenters. The van der Waals surface area contributed by atoms with E-state index in [9.17, 15) is 4.79 Å². The van der Waals surface area contributed by atoms with Crippen LogP contribution in [0.2, 0.25) is 0 Å². The summed E-state index contributed by atoms with van der Waals surface area (Å²) in [4.78, 5) is 10.5. The Labute approximate surface area is 101 Å². The van der Waals surface area contributed by atoms with Crippen molar-refractivity contribution in [1.82, 2.24) is 0 Å². The topological polar surface area (TPSA) is 26.3 Å². The fraction of sp³-hybridized carbons (Fsp3) is 0.133. The predicted octanol–water partition coefficient (Wildman–Crippen LogP) is 3.91. The van der Waals surface area contributed by atoms with E-state index in [1.54, 1.807) is 24.3 Å². The Hall–Kier alpha value is -2.09. The molecule has 2 nitrogen and oxygen atoms in total. The van der Waals surface area contributed by atoms with Crippen molar-refractivity contribution in [2.24, 2.45) is 0 Å². The highest BCUT2D eigenvalue weighted by atomic mass is 16.5. The van der Waals surface area contributed by atoms with Gasteiger partial charge in [0, 0.05) is 5.56 Å². The Morgan fingerprint density at radius 1 is 1.00 bits per heavy atom. The normalized spacial score (nSPS) is 10.0. The first kappa shape index (κ1) is 11.4. The number of benzene rings is 2. The van der Waals surface area contributed by atoms with Crippen LogP contribution in [0.15, 0.2) is 42.5 Å². The Morgan fingerprint density at radius 2 is 1.71 bits per heavy atom. The molecule has 0 aliphatic carbocycles. The largest absolute Gasteiger partial charge is 0.457 e. The molecule has 0 amide bonds. The number of hydrogen-bond donors (Lipinski definition) is 0. The van der Waals surface area contributed by atoms with Crippen molar-refractivity contribution in [3.63, 3.8) is 0 Å². The lowest BCUT2D eigenvalue weighted by molar-refractivity contribution is 0.112. The van der Waals surface area contributed by atoms with Crippen LogP contribution in [-0.2, 0) is 0 Å². The summed E-state index contributed by atoms with van der Waals surface area (Å²) < 4.78 is 5.77. The summed E-state index contributed by atoms with van der Waals surface area (Å²) in [5.74, 6) is 1.59. The molecule has 2 aromatic rings. The van der Waals surface area contributed by atoms with Gasteiger partial charge in [-0.25, -0.2) is 0 Å². The second-order valence-electron chi connectivity index (χ2n) is 3.99. The maximum absolute atomic E-state index is 10.5. The van der Waals surface area contributed by atoms with Crippen LogP contribution < -0.4 is 4.74 Å². The molecule has 2 aromatic carbocycles. The van der Waals surface area contributed by atoms with Gasteiger partial charge in [-0.3, -0.25) is 4.79 Å². The van der Waals surface area contributed by atoms with E-state index in [4.69, 9.17) is 4.74 Å². The van der Waals surface area contributed by atoms with Gasteiger partial charge in [0.2, 0.25) is 0 Å². The third-order valence-corrected chi connectivity index (χ3v) is 2.80. The Kier molecular flexibility index (Phi) is 3.24. The van der Waals surface area contributed by atoms with Crippen LogP contribution in [0, 0.1) is 13.8 Å². The van der Waals surface area contributed by atoms with Gasteiger partial charge in [0.15, 0.2) is 0 Å². The zero-order chi connectivity index (χ0) is 12.3. The summed E-state index contributed by atoms with van der Waals surface area (Å²) in [6.45, 7) is 4.09. The van der Waals surface area contributed by atoms with Crippen LogP contribution in [-0.4, -0.2) is 6.29 Å². The summed E-state index contributed by atoms with van der Waals surface area (Å²) in [5, 5.41) is 0. The monoisotopic (exact) mass is 226 g/mol. The second-order valence-corrected chi connectivity index (χ2v) is 3.99. The number of carbonyl (C=O) groups excluding carboxylic acids is 1. The molecular formula is C15H14O2. The van der Waals surface area contributed by atoms with Crippen LogP contribution in [0.4, 0.5) is 0 Å². The Bertz CT molecular complexity index is 527. The van der Waals surface area contributed by atoms with Crippen LogP contribution in [0.5, 0.6) is 11.5 Å². The lowest BCUT2D eigenvalue weighted by atomic mass is 10.1. The SMILES string of the molecule is Cc1cccc(Oc2ccc(C=O)cc2)c1C. The second kappa shape index (κ2) is 4.83. The fourth-order valence-corrected chi connectivity index (χ4v) is 1.58. The van der Waals surface area contributed by atoms with Crippen LogP contribution >= 0.6 is 0 Å². The average Bonchev–Trinajstić information content (AvgIpc) is 2.36. The minimum absolute atomic E-state index is 0.651. The van der Waals surface area contributed by atoms with Crippen molar-refractivity contribution < 1.29 is 9.53 Å². The van der Waals surface area contributed by atoms with Crippen LogP contribution in [0.25, 0.3) is 0 Å². The van der Waals surface area contributed by atoms with E-state index in [1.165, 1.54) is 5.56 Å². The van der Waals surface area contributed by atoms with E-state index in [0.29, 0.717) is 5.56 Å². The van der Waals surface area contributed by atoms with E-state index in [0.717, 1.165) is 23.3 Å². The molecule has 17 heavy (non-hydrogen) atoms. The van der Waals surface area contributed by atoms with E-state index in [-0.39, 0.29) is 0 Å². The molecule has 0 bridgehead atoms. The molecule has 0 saturated heterocycles. The molecule has 2 heteroatoms. The van der Waals surface area contributed by atoms with Gasteiger partial charge in [0.1, 0.15) is 17.8 Å². The van der Waals surface area contributed by atoms with Gasteiger partial charge in [-0.1, -0.05) is 12.1 Å². The van der Waals surface area contributed by atoms with Gasteiger partial charge in [-0.05, 0) is 55.3 Å². The standard InChI is InChI=1S/C15H14O2/c1-11-4-3-5-15(12(11)2)17-14-8-6-13(10-16)7-9-14/h3-10H,1-2H3. The molecule has 0 fully saturated rings. The number of hydrogen-bond acceptors (Lipinski definition) is 2. The van der Waals surface area contributed by atoms with Crippen LogP contribution in [0.1, 0.15) is 21.5 Å². The fourth-order valence-electron chi connectivity index (χ4n) is 1.58. The highest BCUT2D eigenvalue weighted by molar-refractivity contribution is 5.74. The first-order chi connectivity index (χ1) is 8.20. The van der Waals surface area contributed by atoms with Crippen molar-refractivity contribution in [1.29, 1.82) is 0 Å². The van der Waals surface area contributed by atoms with E-state index < -0.39 is 0 Å². The molecule has 2 rings (SSSR count). The van der Waals surface area contributed by atoms with Gasteiger partial charge in [0.05, 0.1) is 0 Å². The predicted molar refractivity (Wildman–Crippen MR) is 67.8 cm³/mol. The lowest BCUT2D eigenvalue weighted by Gasteiger charge is -2.10. The number of aldehydes is 1. The lowest BCUT2D eigenvalue weighted by Crippen LogP contribution is -1.90. The summed E-state index contributed by atoms with van der Waals surface area (Å²) in [6.07, 6.45) is 0.821. The highest BCUT2D eigenvalue weighted by Crippen LogP contribution is 2.26. The molecule has 0 radical (unpaired) electrons. The van der Waals surface area contributed by atoms with Crippen molar-refractivity contribution in [3.8, 4) is 11.5 Å². The molecule has 0 heterocycles. The first-order valence-corrected chi connectivity index (χ1v) is 5.50. The van der Waals surface area contributed by atoms with Crippen LogP contribution in [0.3, 0.4) is 0 Å². The van der Waals surface area contributed by atoms with E-state index >= 15 is 0 Å². The zero-order valence-electron chi connectivity index (χ0n) is 9.94. The molecule has 0 aliphatic rings. The number of ether oxygens (including phenoxy) is 1. The molecule has 0 N–H and O–H groups in total. The van der Waals surface area contributed by atoms with E-state index in [1.807, 2.05) is 19.1 Å². The number of aryl methyl sites for hydroxylation is 1. The maximum atomic E-state index is 10.5. The van der Waals surface area contributed by atoms with Gasteiger partial charge in [-0.15, -0.1) is 0 Å². The maximum Gasteiger partial charge on any atom is 0.150 e. The molecule has 0 aromatic heterocycles. The van der Waals surface area contributed by atoms with E-state index in [2.05, 4.69) is 13.0 Å². The summed E-state index contributed by atoms with van der Waals surface area (Å²) in [6, 6.07) is 13.0. The van der Waals surface area contributed by atoms with Gasteiger partial charge in [0.25, 0.3) is 0 Å². The first-order valence-electron chi connectivity index (χ1n) is 5.50. The third kappa shape index (κ3) is 2.53. The Balaban J connectivity index is 2.25. The smallest absolute Gasteiger partial charge is 0.150 e. The highest BCUT2D eigenvalue weighted by Gasteiger charge is 2.03. The van der Waals surface area contributed by atoms with Crippen molar-refractivity contribution in [2.45, 2.75) is 13.8 Å². The Morgan fingerprint density at radius 3 is 2.35 bits per heavy atom. The molecule has 0 saturated carbocycles. The van der Waals surface area contributed by atoms with Gasteiger partial charge < -0.3 is 4.74 Å². The molecule has 0 spiro atoms. The molecule has 0 aliphatic heterocycles. The zero-order valence-corrected chi connectivity index (χ0v) is 9.94. The summed E-state index contributed by atoms with van der Waals surface area (Å²) in [5.41, 5.74) is 2.98. The van der Waals surface area contributed by atoms with Crippen molar-refractivity contribution in [2.75, 3.05) is 0 Å². The minimum Gasteiger partial charge on any atom is -0.457 e.